The molecule has 1 aromatic carbocycles. The molecule has 0 nitrogen and oxygen atoms in total. The molecule has 0 aliphatic rings. The molecule has 0 amide bonds. The number of rotatable bonds is 2. The molecule has 90 valence electrons. The van der Waals surface area contributed by atoms with Gasteiger partial charge < -0.3 is 0 Å². The lowest BCUT2D eigenvalue weighted by atomic mass is 10.0. The molecule has 0 radical (unpaired) electrons. The van der Waals surface area contributed by atoms with Gasteiger partial charge in [0, 0.05) is 0 Å². The summed E-state index contributed by atoms with van der Waals surface area (Å²) in [6.07, 6.45) is -3.57. The van der Waals surface area contributed by atoms with E-state index in [2.05, 4.69) is 0 Å². The van der Waals surface area contributed by atoms with Crippen LogP contribution in [-0.2, 0) is 12.6 Å². The lowest BCUT2D eigenvalue weighted by molar-refractivity contribution is -0.137. The second-order valence-electron chi connectivity index (χ2n) is 3.95. The van der Waals surface area contributed by atoms with Gasteiger partial charge in [-0.05, 0) is 52.9 Å². The molecule has 2 rings (SSSR count). The number of halogens is 3. The van der Waals surface area contributed by atoms with E-state index < -0.39 is 11.7 Å². The molecule has 0 unspecified atom stereocenters. The van der Waals surface area contributed by atoms with Gasteiger partial charge in [-0.25, -0.2) is 0 Å². The molecule has 0 bridgehead atoms. The van der Waals surface area contributed by atoms with E-state index in [1.54, 1.807) is 23.5 Å². The first-order valence-electron chi connectivity index (χ1n) is 5.14. The number of hydrogen-bond donors (Lipinski definition) is 0. The zero-order valence-electron chi connectivity index (χ0n) is 9.21. The Bertz CT molecular complexity index is 494. The van der Waals surface area contributed by atoms with Crippen LogP contribution in [0.2, 0.25) is 0 Å². The Hall–Kier alpha value is -1.29. The average Bonchev–Trinajstić information content (AvgIpc) is 2.64. The van der Waals surface area contributed by atoms with Gasteiger partial charge in [0.1, 0.15) is 0 Å². The van der Waals surface area contributed by atoms with Crippen LogP contribution in [0.5, 0.6) is 0 Å². The molecule has 0 spiro atoms. The summed E-state index contributed by atoms with van der Waals surface area (Å²) < 4.78 is 37.1. The second kappa shape index (κ2) is 4.53. The Kier molecular flexibility index (Phi) is 3.24. The molecule has 4 heteroatoms. The van der Waals surface area contributed by atoms with E-state index in [1.165, 1.54) is 11.1 Å². The number of benzene rings is 1. The highest BCUT2D eigenvalue weighted by molar-refractivity contribution is 7.08. The first kappa shape index (κ1) is 12.2. The van der Waals surface area contributed by atoms with Crippen molar-refractivity contribution >= 4 is 11.3 Å². The number of alkyl halides is 3. The quantitative estimate of drug-likeness (QED) is 0.732. The van der Waals surface area contributed by atoms with Gasteiger partial charge >= 0.3 is 6.18 Å². The summed E-state index contributed by atoms with van der Waals surface area (Å²) in [6, 6.07) is 5.36. The van der Waals surface area contributed by atoms with Crippen LogP contribution in [0.4, 0.5) is 13.2 Å². The van der Waals surface area contributed by atoms with E-state index in [1.807, 2.05) is 17.7 Å². The molecule has 1 heterocycles. The Labute approximate surface area is 102 Å². The summed E-state index contributed by atoms with van der Waals surface area (Å²) in [5.41, 5.74) is 2.67. The molecule has 0 saturated heterocycles. The van der Waals surface area contributed by atoms with Crippen LogP contribution in [0.25, 0.3) is 0 Å². The van der Waals surface area contributed by atoms with Crippen LogP contribution < -0.4 is 0 Å². The third kappa shape index (κ3) is 2.88. The van der Waals surface area contributed by atoms with Gasteiger partial charge in [-0.1, -0.05) is 12.1 Å². The van der Waals surface area contributed by atoms with Crippen molar-refractivity contribution in [2.45, 2.75) is 19.5 Å². The summed E-state index contributed by atoms with van der Waals surface area (Å²) >= 11 is 1.61. The summed E-state index contributed by atoms with van der Waals surface area (Å²) in [5, 5.41) is 4.08. The largest absolute Gasteiger partial charge is 0.416 e. The van der Waals surface area contributed by atoms with Gasteiger partial charge in [0.05, 0.1) is 5.56 Å². The van der Waals surface area contributed by atoms with Gasteiger partial charge in [-0.2, -0.15) is 24.5 Å². The van der Waals surface area contributed by atoms with Crippen molar-refractivity contribution in [2.24, 2.45) is 0 Å². The average molecular weight is 256 g/mol. The minimum absolute atomic E-state index is 0.594. The first-order chi connectivity index (χ1) is 7.97. The van der Waals surface area contributed by atoms with Crippen molar-refractivity contribution < 1.29 is 13.2 Å². The Balaban J connectivity index is 2.17. The van der Waals surface area contributed by atoms with Crippen LogP contribution in [0.1, 0.15) is 22.3 Å². The Morgan fingerprint density at radius 3 is 2.18 bits per heavy atom. The van der Waals surface area contributed by atoms with Crippen molar-refractivity contribution in [1.82, 2.24) is 0 Å². The highest BCUT2D eigenvalue weighted by Gasteiger charge is 2.29. The van der Waals surface area contributed by atoms with E-state index in [0.717, 1.165) is 17.7 Å². The fraction of sp³-hybridized carbons (Fsp3) is 0.231. The molecule has 17 heavy (non-hydrogen) atoms. The predicted octanol–water partition coefficient (Wildman–Crippen LogP) is 4.67. The second-order valence-corrected chi connectivity index (χ2v) is 4.70. The molecule has 0 aliphatic heterocycles. The standard InChI is InChI=1S/C13H11F3S/c1-9-7-17-8-11(9)6-10-2-4-12(5-3-10)13(14,15)16/h2-5,7-8H,6H2,1H3. The molecule has 0 atom stereocenters. The molecule has 0 N–H and O–H groups in total. The Morgan fingerprint density at radius 1 is 1.06 bits per heavy atom. The normalized spacial score (nSPS) is 11.8. The lowest BCUT2D eigenvalue weighted by Crippen LogP contribution is -2.04. The summed E-state index contributed by atoms with van der Waals surface area (Å²) in [4.78, 5) is 0. The van der Waals surface area contributed by atoms with Crippen molar-refractivity contribution in [3.8, 4) is 0 Å². The van der Waals surface area contributed by atoms with Gasteiger partial charge in [-0.3, -0.25) is 0 Å². The maximum atomic E-state index is 12.4. The SMILES string of the molecule is Cc1cscc1Cc1ccc(C(F)(F)F)cc1. The summed E-state index contributed by atoms with van der Waals surface area (Å²) in [6.45, 7) is 2.01. The minimum Gasteiger partial charge on any atom is -0.166 e. The third-order valence-corrected chi connectivity index (χ3v) is 3.55. The number of aryl methyl sites for hydroxylation is 1. The first-order valence-corrected chi connectivity index (χ1v) is 6.09. The minimum atomic E-state index is -4.25. The monoisotopic (exact) mass is 256 g/mol. The van der Waals surface area contributed by atoms with Crippen LogP contribution in [-0.4, -0.2) is 0 Å². The Morgan fingerprint density at radius 2 is 1.71 bits per heavy atom. The molecule has 1 aromatic heterocycles. The fourth-order valence-electron chi connectivity index (χ4n) is 1.60. The predicted molar refractivity (Wildman–Crippen MR) is 63.3 cm³/mol. The van der Waals surface area contributed by atoms with E-state index >= 15 is 0 Å². The maximum Gasteiger partial charge on any atom is 0.416 e. The van der Waals surface area contributed by atoms with E-state index in [9.17, 15) is 13.2 Å². The maximum absolute atomic E-state index is 12.4. The topological polar surface area (TPSA) is 0 Å². The van der Waals surface area contributed by atoms with Gasteiger partial charge in [-0.15, -0.1) is 0 Å². The lowest BCUT2D eigenvalue weighted by Gasteiger charge is -2.07. The number of thiophene rings is 1. The van der Waals surface area contributed by atoms with Crippen LogP contribution in [0.15, 0.2) is 35.0 Å². The van der Waals surface area contributed by atoms with E-state index in [4.69, 9.17) is 0 Å². The fourth-order valence-corrected chi connectivity index (χ4v) is 2.46. The van der Waals surface area contributed by atoms with Gasteiger partial charge in [0.2, 0.25) is 0 Å². The highest BCUT2D eigenvalue weighted by Crippen LogP contribution is 2.29. The van der Waals surface area contributed by atoms with Crippen LogP contribution in [0.3, 0.4) is 0 Å². The van der Waals surface area contributed by atoms with Crippen LogP contribution in [0, 0.1) is 6.92 Å². The molecule has 0 saturated carbocycles. The van der Waals surface area contributed by atoms with Crippen molar-refractivity contribution in [3.05, 3.63) is 57.3 Å². The van der Waals surface area contributed by atoms with Crippen LogP contribution >= 0.6 is 11.3 Å². The molecule has 2 aromatic rings. The van der Waals surface area contributed by atoms with E-state index in [-0.39, 0.29) is 0 Å². The molecular weight excluding hydrogens is 245 g/mol. The van der Waals surface area contributed by atoms with Crippen molar-refractivity contribution in [2.75, 3.05) is 0 Å². The molecule has 0 fully saturated rings. The zero-order chi connectivity index (χ0) is 12.5. The van der Waals surface area contributed by atoms with Gasteiger partial charge in [0.25, 0.3) is 0 Å². The zero-order valence-corrected chi connectivity index (χ0v) is 10.0. The van der Waals surface area contributed by atoms with Crippen molar-refractivity contribution in [1.29, 1.82) is 0 Å². The van der Waals surface area contributed by atoms with Crippen molar-refractivity contribution in [3.63, 3.8) is 0 Å². The summed E-state index contributed by atoms with van der Waals surface area (Å²) in [7, 11) is 0. The third-order valence-electron chi connectivity index (χ3n) is 2.64. The van der Waals surface area contributed by atoms with Gasteiger partial charge in [0.15, 0.2) is 0 Å². The molecular formula is C13H11F3S. The summed E-state index contributed by atoms with van der Waals surface area (Å²) in [5.74, 6) is 0. The number of hydrogen-bond acceptors (Lipinski definition) is 1. The molecule has 0 aliphatic carbocycles. The smallest absolute Gasteiger partial charge is 0.166 e. The van der Waals surface area contributed by atoms with E-state index in [0.29, 0.717) is 6.42 Å². The highest BCUT2D eigenvalue weighted by atomic mass is 32.1.